The monoisotopic (exact) mass is 344 g/mol. The number of amides is 2. The second kappa shape index (κ2) is 6.81. The second-order valence-corrected chi connectivity index (χ2v) is 7.92. The number of imidazole rings is 1. The van der Waals surface area contributed by atoms with E-state index in [1.54, 1.807) is 0 Å². The average Bonchev–Trinajstić information content (AvgIpc) is 3.07. The third-order valence-corrected chi connectivity index (χ3v) is 5.82. The molecule has 6 nitrogen and oxygen atoms in total. The van der Waals surface area contributed by atoms with Crippen LogP contribution >= 0.6 is 0 Å². The fourth-order valence-electron chi connectivity index (χ4n) is 4.17. The van der Waals surface area contributed by atoms with E-state index < -0.39 is 0 Å². The van der Waals surface area contributed by atoms with Crippen molar-refractivity contribution in [2.45, 2.75) is 76.9 Å². The number of rotatable bonds is 5. The summed E-state index contributed by atoms with van der Waals surface area (Å²) in [5.41, 5.74) is 0.814. The lowest BCUT2D eigenvalue weighted by molar-refractivity contribution is -0.135. The number of aromatic nitrogens is 2. The van der Waals surface area contributed by atoms with Crippen LogP contribution in [0.25, 0.3) is 0 Å². The summed E-state index contributed by atoms with van der Waals surface area (Å²) in [5.74, 6) is 1.84. The lowest BCUT2D eigenvalue weighted by atomic mass is 10.1. The van der Waals surface area contributed by atoms with Crippen molar-refractivity contribution >= 4 is 11.8 Å². The molecule has 1 aliphatic heterocycles. The molecule has 0 aromatic carbocycles. The van der Waals surface area contributed by atoms with Gasteiger partial charge in [-0.3, -0.25) is 9.59 Å². The Bertz CT molecular complexity index is 658. The van der Waals surface area contributed by atoms with Crippen molar-refractivity contribution in [3.63, 3.8) is 0 Å². The van der Waals surface area contributed by atoms with Gasteiger partial charge in [-0.15, -0.1) is 0 Å². The molecule has 136 valence electrons. The molecule has 2 saturated carbocycles. The van der Waals surface area contributed by atoms with Gasteiger partial charge in [0.15, 0.2) is 0 Å². The number of nitrogens with one attached hydrogen (secondary N) is 1. The first-order valence-electron chi connectivity index (χ1n) is 9.75. The van der Waals surface area contributed by atoms with Gasteiger partial charge in [0, 0.05) is 31.7 Å². The van der Waals surface area contributed by atoms with E-state index in [0.717, 1.165) is 37.4 Å². The number of hydrogen-bond donors (Lipinski definition) is 1. The van der Waals surface area contributed by atoms with Crippen LogP contribution in [-0.2, 0) is 22.6 Å². The summed E-state index contributed by atoms with van der Waals surface area (Å²) in [6.45, 7) is 3.56. The van der Waals surface area contributed by atoms with Crippen LogP contribution in [0.3, 0.4) is 0 Å². The quantitative estimate of drug-likeness (QED) is 0.890. The van der Waals surface area contributed by atoms with Crippen LogP contribution in [-0.4, -0.2) is 38.9 Å². The van der Waals surface area contributed by atoms with Gasteiger partial charge in [0.25, 0.3) is 0 Å². The molecule has 6 heteroatoms. The minimum atomic E-state index is -0.00774. The first-order chi connectivity index (χ1) is 12.1. The van der Waals surface area contributed by atoms with Crippen molar-refractivity contribution in [3.05, 3.63) is 17.7 Å². The molecule has 0 unspecified atom stereocenters. The number of carbonyl (C=O) groups excluding carboxylic acids is 2. The maximum Gasteiger partial charge on any atom is 0.226 e. The maximum atomic E-state index is 12.5. The van der Waals surface area contributed by atoms with E-state index in [2.05, 4.69) is 14.9 Å². The summed E-state index contributed by atoms with van der Waals surface area (Å²) in [4.78, 5) is 31.4. The predicted molar refractivity (Wildman–Crippen MR) is 93.8 cm³/mol. The zero-order valence-corrected chi connectivity index (χ0v) is 15.0. The Morgan fingerprint density at radius 3 is 2.68 bits per heavy atom. The highest BCUT2D eigenvalue weighted by molar-refractivity contribution is 5.78. The number of fused-ring (bicyclic) bond motifs is 1. The van der Waals surface area contributed by atoms with Crippen molar-refractivity contribution in [1.82, 2.24) is 19.8 Å². The highest BCUT2D eigenvalue weighted by atomic mass is 16.2. The third kappa shape index (κ3) is 3.72. The number of nitrogens with zero attached hydrogens (tertiary/aromatic N) is 3. The SMILES string of the molecule is C[C@H]1c2nc(CC(=O)NC3CCCC3)cn2CCN1C(=O)CC1CC1. The van der Waals surface area contributed by atoms with Gasteiger partial charge in [0.1, 0.15) is 5.82 Å². The normalized spacial score (nSPS) is 23.6. The fourth-order valence-corrected chi connectivity index (χ4v) is 4.17. The number of carbonyl (C=O) groups is 2. The van der Waals surface area contributed by atoms with Gasteiger partial charge in [0.2, 0.25) is 11.8 Å². The Hall–Kier alpha value is -1.85. The van der Waals surface area contributed by atoms with Gasteiger partial charge in [0.05, 0.1) is 18.2 Å². The van der Waals surface area contributed by atoms with Crippen molar-refractivity contribution in [1.29, 1.82) is 0 Å². The molecule has 4 rings (SSSR count). The predicted octanol–water partition coefficient (Wildman–Crippen LogP) is 2.19. The largest absolute Gasteiger partial charge is 0.353 e. The van der Waals surface area contributed by atoms with E-state index in [1.165, 1.54) is 25.7 Å². The molecule has 1 aromatic heterocycles. The highest BCUT2D eigenvalue weighted by Crippen LogP contribution is 2.34. The molecular formula is C19H28N4O2. The van der Waals surface area contributed by atoms with E-state index in [0.29, 0.717) is 24.8 Å². The molecule has 0 saturated heterocycles. The van der Waals surface area contributed by atoms with Crippen LogP contribution in [0.2, 0.25) is 0 Å². The summed E-state index contributed by atoms with van der Waals surface area (Å²) < 4.78 is 2.11. The van der Waals surface area contributed by atoms with E-state index in [1.807, 2.05) is 18.0 Å². The van der Waals surface area contributed by atoms with Crippen molar-refractivity contribution in [2.24, 2.45) is 5.92 Å². The Morgan fingerprint density at radius 2 is 1.96 bits per heavy atom. The molecule has 1 N–H and O–H groups in total. The fraction of sp³-hybridized carbons (Fsp3) is 0.737. The summed E-state index contributed by atoms with van der Waals surface area (Å²) in [6, 6.07) is 0.339. The lowest BCUT2D eigenvalue weighted by Gasteiger charge is -2.34. The number of hydrogen-bond acceptors (Lipinski definition) is 3. The summed E-state index contributed by atoms with van der Waals surface area (Å²) in [7, 11) is 0. The molecule has 2 heterocycles. The zero-order chi connectivity index (χ0) is 17.4. The standard InChI is InChI=1S/C19H28N4O2/c1-13-19-21-16(11-17(24)20-15-4-2-3-5-15)12-22(19)8-9-23(13)18(25)10-14-6-7-14/h12-15H,2-11H2,1H3,(H,20,24)/t13-/m0/s1. The van der Waals surface area contributed by atoms with E-state index in [4.69, 9.17) is 0 Å². The van der Waals surface area contributed by atoms with Crippen LogP contribution in [0.15, 0.2) is 6.20 Å². The highest BCUT2D eigenvalue weighted by Gasteiger charge is 2.33. The van der Waals surface area contributed by atoms with Crippen molar-refractivity contribution in [2.75, 3.05) is 6.54 Å². The molecule has 2 fully saturated rings. The smallest absolute Gasteiger partial charge is 0.226 e. The van der Waals surface area contributed by atoms with Crippen LogP contribution in [0.4, 0.5) is 0 Å². The third-order valence-electron chi connectivity index (χ3n) is 5.82. The molecule has 0 radical (unpaired) electrons. The summed E-state index contributed by atoms with van der Waals surface area (Å²) in [5, 5.41) is 3.12. The molecular weight excluding hydrogens is 316 g/mol. The molecule has 1 atom stereocenters. The van der Waals surface area contributed by atoms with Gasteiger partial charge in [-0.1, -0.05) is 12.8 Å². The Balaban J connectivity index is 1.38. The molecule has 2 amide bonds. The lowest BCUT2D eigenvalue weighted by Crippen LogP contribution is -2.41. The van der Waals surface area contributed by atoms with Gasteiger partial charge < -0.3 is 14.8 Å². The van der Waals surface area contributed by atoms with Gasteiger partial charge in [-0.25, -0.2) is 4.98 Å². The molecule has 1 aromatic rings. The van der Waals surface area contributed by atoms with E-state index >= 15 is 0 Å². The summed E-state index contributed by atoms with van der Waals surface area (Å²) in [6.07, 6.45) is 10.0. The molecule has 3 aliphatic rings. The van der Waals surface area contributed by atoms with Crippen molar-refractivity contribution in [3.8, 4) is 0 Å². The van der Waals surface area contributed by atoms with E-state index in [9.17, 15) is 9.59 Å². The first-order valence-corrected chi connectivity index (χ1v) is 9.75. The first kappa shape index (κ1) is 16.6. The second-order valence-electron chi connectivity index (χ2n) is 7.92. The van der Waals surface area contributed by atoms with Crippen LogP contribution < -0.4 is 5.32 Å². The van der Waals surface area contributed by atoms with Gasteiger partial charge >= 0.3 is 0 Å². The molecule has 0 spiro atoms. The maximum absolute atomic E-state index is 12.5. The summed E-state index contributed by atoms with van der Waals surface area (Å²) >= 11 is 0. The molecule has 2 aliphatic carbocycles. The minimum Gasteiger partial charge on any atom is -0.353 e. The van der Waals surface area contributed by atoms with Crippen molar-refractivity contribution < 1.29 is 9.59 Å². The molecule has 0 bridgehead atoms. The van der Waals surface area contributed by atoms with Gasteiger partial charge in [-0.05, 0) is 38.5 Å². The van der Waals surface area contributed by atoms with Gasteiger partial charge in [-0.2, -0.15) is 0 Å². The topological polar surface area (TPSA) is 67.2 Å². The average molecular weight is 344 g/mol. The Labute approximate surface area is 149 Å². The van der Waals surface area contributed by atoms with Crippen LogP contribution in [0.5, 0.6) is 0 Å². The Morgan fingerprint density at radius 1 is 1.20 bits per heavy atom. The van der Waals surface area contributed by atoms with Crippen LogP contribution in [0, 0.1) is 5.92 Å². The van der Waals surface area contributed by atoms with E-state index in [-0.39, 0.29) is 17.9 Å². The zero-order valence-electron chi connectivity index (χ0n) is 15.0. The molecule has 25 heavy (non-hydrogen) atoms. The van der Waals surface area contributed by atoms with Crippen LogP contribution in [0.1, 0.15) is 69.4 Å². The minimum absolute atomic E-state index is 0.00774. The Kier molecular flexibility index (Phi) is 4.52.